The van der Waals surface area contributed by atoms with E-state index in [4.69, 9.17) is 12.2 Å². The third-order valence-corrected chi connectivity index (χ3v) is 1.60. The van der Waals surface area contributed by atoms with Crippen molar-refractivity contribution in [3.05, 3.63) is 41.7 Å². The van der Waals surface area contributed by atoms with E-state index in [0.717, 1.165) is 11.2 Å². The Kier molecular flexibility index (Phi) is 2.40. The molecule has 0 radical (unpaired) electrons. The van der Waals surface area contributed by atoms with Gasteiger partial charge in [-0.05, 0) is 12.1 Å². The molecule has 0 saturated heterocycles. The van der Waals surface area contributed by atoms with Gasteiger partial charge in [0.25, 0.3) is 0 Å². The summed E-state index contributed by atoms with van der Waals surface area (Å²) in [5.41, 5.74) is 0. The third-order valence-electron chi connectivity index (χ3n) is 1.22. The van der Waals surface area contributed by atoms with E-state index >= 15 is 0 Å². The SMILES string of the molecule is C=CCn1ccccc1=S. The molecule has 0 aliphatic heterocycles. The van der Waals surface area contributed by atoms with Gasteiger partial charge >= 0.3 is 0 Å². The molecule has 1 heterocycles. The van der Waals surface area contributed by atoms with Crippen molar-refractivity contribution >= 4 is 12.2 Å². The third kappa shape index (κ3) is 1.54. The lowest BCUT2D eigenvalue weighted by Crippen LogP contribution is -1.95. The fraction of sp³-hybridized carbons (Fsp3) is 0.125. The minimum atomic E-state index is 0.791. The lowest BCUT2D eigenvalue weighted by Gasteiger charge is -1.99. The van der Waals surface area contributed by atoms with E-state index in [0.29, 0.717) is 0 Å². The highest BCUT2D eigenvalue weighted by molar-refractivity contribution is 7.71. The maximum Gasteiger partial charge on any atom is 0.106 e. The molecule has 0 bridgehead atoms. The highest BCUT2D eigenvalue weighted by Crippen LogP contribution is 1.92. The van der Waals surface area contributed by atoms with Crippen molar-refractivity contribution in [2.75, 3.05) is 0 Å². The molecule has 0 N–H and O–H groups in total. The molecule has 52 valence electrons. The van der Waals surface area contributed by atoms with Crippen LogP contribution in [-0.2, 0) is 6.54 Å². The van der Waals surface area contributed by atoms with Gasteiger partial charge in [0.15, 0.2) is 0 Å². The quantitative estimate of drug-likeness (QED) is 0.464. The fourth-order valence-electron chi connectivity index (χ4n) is 0.751. The molecule has 0 atom stereocenters. The van der Waals surface area contributed by atoms with Crippen LogP contribution in [0.25, 0.3) is 0 Å². The van der Waals surface area contributed by atoms with E-state index in [9.17, 15) is 0 Å². The van der Waals surface area contributed by atoms with Crippen LogP contribution in [0.5, 0.6) is 0 Å². The fourth-order valence-corrected chi connectivity index (χ4v) is 0.965. The van der Waals surface area contributed by atoms with Crippen molar-refractivity contribution < 1.29 is 0 Å². The number of pyridine rings is 1. The monoisotopic (exact) mass is 151 g/mol. The van der Waals surface area contributed by atoms with Gasteiger partial charge in [0.1, 0.15) is 4.64 Å². The normalized spacial score (nSPS) is 9.20. The van der Waals surface area contributed by atoms with Gasteiger partial charge in [-0.2, -0.15) is 0 Å². The Hall–Kier alpha value is -0.890. The molecule has 0 aromatic carbocycles. The summed E-state index contributed by atoms with van der Waals surface area (Å²) in [5.74, 6) is 0. The second-order valence-corrected chi connectivity index (χ2v) is 2.40. The molecule has 1 aromatic heterocycles. The van der Waals surface area contributed by atoms with Crippen LogP contribution in [0.1, 0.15) is 0 Å². The van der Waals surface area contributed by atoms with Crippen LogP contribution < -0.4 is 0 Å². The second kappa shape index (κ2) is 3.32. The topological polar surface area (TPSA) is 4.93 Å². The summed E-state index contributed by atoms with van der Waals surface area (Å²) in [6, 6.07) is 5.79. The lowest BCUT2D eigenvalue weighted by molar-refractivity contribution is 0.802. The van der Waals surface area contributed by atoms with E-state index in [1.165, 1.54) is 0 Å². The first-order valence-corrected chi connectivity index (χ1v) is 3.52. The summed E-state index contributed by atoms with van der Waals surface area (Å²) in [6.45, 7) is 4.42. The molecular formula is C8H9NS. The van der Waals surface area contributed by atoms with Crippen LogP contribution in [-0.4, -0.2) is 4.57 Å². The first kappa shape index (κ1) is 7.22. The summed E-state index contributed by atoms with van der Waals surface area (Å²) in [6.07, 6.45) is 3.78. The zero-order valence-electron chi connectivity index (χ0n) is 5.66. The summed E-state index contributed by atoms with van der Waals surface area (Å²) >= 11 is 5.03. The van der Waals surface area contributed by atoms with Crippen LogP contribution in [0.4, 0.5) is 0 Å². The Bertz CT molecular complexity index is 275. The van der Waals surface area contributed by atoms with E-state index < -0.39 is 0 Å². The first-order chi connectivity index (χ1) is 4.84. The minimum absolute atomic E-state index is 0.791. The Labute approximate surface area is 65.6 Å². The van der Waals surface area contributed by atoms with Crippen LogP contribution in [0.15, 0.2) is 37.1 Å². The van der Waals surface area contributed by atoms with Gasteiger partial charge < -0.3 is 4.57 Å². The van der Waals surface area contributed by atoms with Crippen molar-refractivity contribution in [3.8, 4) is 0 Å². The first-order valence-electron chi connectivity index (χ1n) is 3.11. The summed E-state index contributed by atoms with van der Waals surface area (Å²) < 4.78 is 2.81. The number of hydrogen-bond acceptors (Lipinski definition) is 1. The lowest BCUT2D eigenvalue weighted by atomic mass is 10.5. The number of allylic oxidation sites excluding steroid dienone is 1. The highest BCUT2D eigenvalue weighted by atomic mass is 32.1. The smallest absolute Gasteiger partial charge is 0.106 e. The molecule has 0 aliphatic rings. The van der Waals surface area contributed by atoms with Crippen molar-refractivity contribution in [1.29, 1.82) is 0 Å². The van der Waals surface area contributed by atoms with E-state index in [1.807, 2.05) is 35.0 Å². The predicted molar refractivity (Wildman–Crippen MR) is 45.5 cm³/mol. The molecule has 0 unspecified atom stereocenters. The Balaban J connectivity index is 3.03. The van der Waals surface area contributed by atoms with Gasteiger partial charge in [-0.1, -0.05) is 24.4 Å². The molecule has 1 rings (SSSR count). The highest BCUT2D eigenvalue weighted by Gasteiger charge is 1.83. The summed E-state index contributed by atoms with van der Waals surface area (Å²) in [5, 5.41) is 0. The molecule has 0 saturated carbocycles. The van der Waals surface area contributed by atoms with E-state index in [-0.39, 0.29) is 0 Å². The maximum absolute atomic E-state index is 5.03. The Morgan fingerprint density at radius 3 is 3.00 bits per heavy atom. The standard InChI is InChI=1S/C8H9NS/c1-2-6-9-7-4-3-5-8(9)10/h2-5,7H,1,6H2. The average Bonchev–Trinajstić information content (AvgIpc) is 1.94. The number of hydrogen-bond donors (Lipinski definition) is 0. The van der Waals surface area contributed by atoms with Crippen LogP contribution in [0.3, 0.4) is 0 Å². The number of rotatable bonds is 2. The number of aromatic nitrogens is 1. The minimum Gasteiger partial charge on any atom is -0.335 e. The maximum atomic E-state index is 5.03. The molecule has 0 spiro atoms. The zero-order chi connectivity index (χ0) is 7.40. The molecule has 1 aromatic rings. The van der Waals surface area contributed by atoms with Crippen LogP contribution in [0, 0.1) is 4.64 Å². The van der Waals surface area contributed by atoms with Gasteiger partial charge in [0.05, 0.1) is 0 Å². The Morgan fingerprint density at radius 1 is 1.60 bits per heavy atom. The molecular weight excluding hydrogens is 142 g/mol. The average molecular weight is 151 g/mol. The van der Waals surface area contributed by atoms with Gasteiger partial charge in [-0.3, -0.25) is 0 Å². The summed E-state index contributed by atoms with van der Waals surface area (Å²) in [4.78, 5) is 0. The van der Waals surface area contributed by atoms with Crippen molar-refractivity contribution in [2.24, 2.45) is 0 Å². The van der Waals surface area contributed by atoms with Crippen molar-refractivity contribution in [3.63, 3.8) is 0 Å². The van der Waals surface area contributed by atoms with Crippen LogP contribution >= 0.6 is 12.2 Å². The Morgan fingerprint density at radius 2 is 2.40 bits per heavy atom. The van der Waals surface area contributed by atoms with Gasteiger partial charge in [-0.15, -0.1) is 6.58 Å². The van der Waals surface area contributed by atoms with Gasteiger partial charge in [-0.25, -0.2) is 0 Å². The molecule has 0 aliphatic carbocycles. The van der Waals surface area contributed by atoms with Gasteiger partial charge in [0, 0.05) is 12.7 Å². The molecule has 1 nitrogen and oxygen atoms in total. The molecule has 10 heavy (non-hydrogen) atoms. The molecule has 0 fully saturated rings. The second-order valence-electron chi connectivity index (χ2n) is 1.98. The van der Waals surface area contributed by atoms with Crippen LogP contribution in [0.2, 0.25) is 0 Å². The van der Waals surface area contributed by atoms with Crippen molar-refractivity contribution in [2.45, 2.75) is 6.54 Å². The molecule has 0 amide bonds. The predicted octanol–water partition coefficient (Wildman–Crippen LogP) is 2.40. The molecule has 2 heteroatoms. The largest absolute Gasteiger partial charge is 0.335 e. The van der Waals surface area contributed by atoms with Gasteiger partial charge in [0.2, 0.25) is 0 Å². The zero-order valence-corrected chi connectivity index (χ0v) is 6.47. The van der Waals surface area contributed by atoms with E-state index in [1.54, 1.807) is 0 Å². The summed E-state index contributed by atoms with van der Waals surface area (Å²) in [7, 11) is 0. The van der Waals surface area contributed by atoms with E-state index in [2.05, 4.69) is 6.58 Å². The number of nitrogens with zero attached hydrogens (tertiary/aromatic N) is 1. The van der Waals surface area contributed by atoms with Crippen molar-refractivity contribution in [1.82, 2.24) is 4.57 Å².